The molecule has 2 rings (SSSR count). The van der Waals surface area contributed by atoms with E-state index in [0.717, 1.165) is 22.5 Å². The van der Waals surface area contributed by atoms with Gasteiger partial charge >= 0.3 is 5.97 Å². The number of hydrogen-bond acceptors (Lipinski definition) is 4. The number of ether oxygens (including phenoxy) is 1. The van der Waals surface area contributed by atoms with Crippen LogP contribution in [0.3, 0.4) is 0 Å². The van der Waals surface area contributed by atoms with Crippen molar-refractivity contribution in [1.29, 1.82) is 0 Å². The van der Waals surface area contributed by atoms with E-state index in [1.807, 2.05) is 42.8 Å². The number of likely N-dealkylation sites (N-methyl/N-ethyl adjacent to an activating group) is 1. The number of hydrogen-bond donors (Lipinski definition) is 1. The Hall–Kier alpha value is -2.60. The Morgan fingerprint density at radius 2 is 2.04 bits per heavy atom. The van der Waals surface area contributed by atoms with Crippen LogP contribution in [0.4, 0.5) is 0 Å². The third kappa shape index (κ3) is 5.44. The van der Waals surface area contributed by atoms with Crippen molar-refractivity contribution in [2.24, 2.45) is 0 Å². The highest BCUT2D eigenvalue weighted by Crippen LogP contribution is 2.20. The van der Waals surface area contributed by atoms with Crippen molar-refractivity contribution in [3.8, 4) is 0 Å². The van der Waals surface area contributed by atoms with E-state index in [9.17, 15) is 9.59 Å². The number of carbonyl (C=O) groups excluding carboxylic acids is 2. The lowest BCUT2D eigenvalue weighted by atomic mass is 10.1. The van der Waals surface area contributed by atoms with Gasteiger partial charge in [0.15, 0.2) is 6.10 Å². The quantitative estimate of drug-likeness (QED) is 0.582. The van der Waals surface area contributed by atoms with Crippen LogP contribution < -0.4 is 5.32 Å². The van der Waals surface area contributed by atoms with Crippen LogP contribution in [0.5, 0.6) is 0 Å². The topological polar surface area (TPSA) is 73.2 Å². The Labute approximate surface area is 164 Å². The van der Waals surface area contributed by atoms with Crippen molar-refractivity contribution in [1.82, 2.24) is 15.1 Å². The average Bonchev–Trinajstić information content (AvgIpc) is 2.88. The molecular formula is C20H24ClN3O3. The zero-order valence-electron chi connectivity index (χ0n) is 16.0. The molecule has 0 spiro atoms. The average molecular weight is 390 g/mol. The van der Waals surface area contributed by atoms with Crippen LogP contribution in [0, 0.1) is 13.8 Å². The number of nitrogens with zero attached hydrogens (tertiary/aromatic N) is 2. The summed E-state index contributed by atoms with van der Waals surface area (Å²) in [6, 6.07) is 7.61. The second-order valence-corrected chi connectivity index (χ2v) is 6.55. The highest BCUT2D eigenvalue weighted by atomic mass is 35.5. The van der Waals surface area contributed by atoms with E-state index in [1.54, 1.807) is 13.0 Å². The van der Waals surface area contributed by atoms with Gasteiger partial charge in [0.1, 0.15) is 0 Å². The first-order valence-corrected chi connectivity index (χ1v) is 9.15. The van der Waals surface area contributed by atoms with E-state index in [1.165, 1.54) is 13.0 Å². The molecule has 6 nitrogen and oxygen atoms in total. The van der Waals surface area contributed by atoms with Gasteiger partial charge in [0.05, 0.1) is 12.2 Å². The first kappa shape index (κ1) is 20.7. The molecule has 27 heavy (non-hydrogen) atoms. The van der Waals surface area contributed by atoms with E-state index < -0.39 is 12.1 Å². The minimum atomic E-state index is -0.841. The van der Waals surface area contributed by atoms with Gasteiger partial charge < -0.3 is 10.1 Å². The van der Waals surface area contributed by atoms with Gasteiger partial charge in [-0.05, 0) is 45.4 Å². The number of amides is 1. The fourth-order valence-corrected chi connectivity index (χ4v) is 2.83. The fraction of sp³-hybridized carbons (Fsp3) is 0.350. The highest BCUT2D eigenvalue weighted by Gasteiger charge is 2.16. The van der Waals surface area contributed by atoms with Gasteiger partial charge in [-0.25, -0.2) is 4.79 Å². The van der Waals surface area contributed by atoms with Crippen LogP contribution >= 0.6 is 11.6 Å². The minimum absolute atomic E-state index is 0.320. The number of carbonyl (C=O) groups is 2. The second kappa shape index (κ2) is 9.37. The maximum atomic E-state index is 12.0. The molecule has 1 aromatic heterocycles. The van der Waals surface area contributed by atoms with Crippen molar-refractivity contribution in [3.63, 3.8) is 0 Å². The van der Waals surface area contributed by atoms with E-state index in [2.05, 4.69) is 10.4 Å². The molecule has 0 aliphatic rings. The van der Waals surface area contributed by atoms with Crippen molar-refractivity contribution in [3.05, 3.63) is 57.9 Å². The smallest absolute Gasteiger partial charge is 0.331 e. The molecule has 0 saturated carbocycles. The molecule has 2 aromatic rings. The number of rotatable bonds is 7. The molecule has 1 atom stereocenters. The third-order valence-electron chi connectivity index (χ3n) is 4.11. The first-order valence-electron chi connectivity index (χ1n) is 8.77. The standard InChI is InChI=1S/C20H24ClN3O3/c1-5-22-20(26)15(4)27-19(25)11-10-17-13(2)23-24(14(17)3)12-16-8-6-7-9-18(16)21/h6-11,15H,5,12H2,1-4H3,(H,22,26)/b11-10+/t15-/m1/s1. The van der Waals surface area contributed by atoms with Gasteiger partial charge in [0, 0.05) is 28.9 Å². The molecule has 144 valence electrons. The largest absolute Gasteiger partial charge is 0.449 e. The Kier molecular flexibility index (Phi) is 7.19. The van der Waals surface area contributed by atoms with E-state index in [0.29, 0.717) is 18.1 Å². The van der Waals surface area contributed by atoms with Gasteiger partial charge in [0.25, 0.3) is 5.91 Å². The molecule has 0 aliphatic carbocycles. The zero-order chi connectivity index (χ0) is 20.0. The number of aryl methyl sites for hydroxylation is 1. The summed E-state index contributed by atoms with van der Waals surface area (Å²) in [4.78, 5) is 23.6. The monoisotopic (exact) mass is 389 g/mol. The number of nitrogens with one attached hydrogen (secondary N) is 1. The van der Waals surface area contributed by atoms with Gasteiger partial charge in [0.2, 0.25) is 0 Å². The summed E-state index contributed by atoms with van der Waals surface area (Å²) in [5.74, 6) is -0.898. The van der Waals surface area contributed by atoms with Crippen molar-refractivity contribution >= 4 is 29.6 Å². The van der Waals surface area contributed by atoms with E-state index >= 15 is 0 Å². The summed E-state index contributed by atoms with van der Waals surface area (Å²) in [5.41, 5.74) is 3.51. The molecule has 0 unspecified atom stereocenters. The Balaban J connectivity index is 2.10. The summed E-state index contributed by atoms with van der Waals surface area (Å²) in [7, 11) is 0. The van der Waals surface area contributed by atoms with Gasteiger partial charge in [-0.3, -0.25) is 9.48 Å². The summed E-state index contributed by atoms with van der Waals surface area (Å²) in [6.45, 7) is 8.17. The summed E-state index contributed by atoms with van der Waals surface area (Å²) >= 11 is 6.22. The summed E-state index contributed by atoms with van der Waals surface area (Å²) < 4.78 is 6.95. The molecule has 1 aromatic carbocycles. The lowest BCUT2D eigenvalue weighted by molar-refractivity contribution is -0.150. The zero-order valence-corrected chi connectivity index (χ0v) is 16.7. The van der Waals surface area contributed by atoms with Crippen LogP contribution in [0.15, 0.2) is 30.3 Å². The maximum absolute atomic E-state index is 12.0. The SMILES string of the molecule is CCNC(=O)[C@@H](C)OC(=O)/C=C/c1c(C)nn(Cc2ccccc2Cl)c1C. The van der Waals surface area contributed by atoms with E-state index in [4.69, 9.17) is 16.3 Å². The van der Waals surface area contributed by atoms with Crippen molar-refractivity contribution in [2.75, 3.05) is 6.54 Å². The minimum Gasteiger partial charge on any atom is -0.449 e. The van der Waals surface area contributed by atoms with Crippen LogP contribution in [0.25, 0.3) is 6.08 Å². The van der Waals surface area contributed by atoms with Crippen LogP contribution in [0.1, 0.15) is 36.4 Å². The lowest BCUT2D eigenvalue weighted by Crippen LogP contribution is -2.35. The van der Waals surface area contributed by atoms with Crippen LogP contribution in [0.2, 0.25) is 5.02 Å². The normalized spacial score (nSPS) is 12.2. The molecule has 1 N–H and O–H groups in total. The Bertz CT molecular complexity index is 858. The molecule has 0 radical (unpaired) electrons. The van der Waals surface area contributed by atoms with Crippen LogP contribution in [-0.2, 0) is 20.9 Å². The lowest BCUT2D eigenvalue weighted by Gasteiger charge is -2.10. The molecule has 0 saturated heterocycles. The number of halogens is 1. The summed E-state index contributed by atoms with van der Waals surface area (Å²) in [5, 5.41) is 7.82. The molecular weight excluding hydrogens is 366 g/mol. The van der Waals surface area contributed by atoms with Gasteiger partial charge in [-0.1, -0.05) is 29.8 Å². The second-order valence-electron chi connectivity index (χ2n) is 6.14. The van der Waals surface area contributed by atoms with Crippen molar-refractivity contribution < 1.29 is 14.3 Å². The Morgan fingerprint density at radius 3 is 2.70 bits per heavy atom. The van der Waals surface area contributed by atoms with Gasteiger partial charge in [-0.15, -0.1) is 0 Å². The molecule has 0 aliphatic heterocycles. The molecule has 7 heteroatoms. The van der Waals surface area contributed by atoms with Gasteiger partial charge in [-0.2, -0.15) is 5.10 Å². The molecule has 1 amide bonds. The predicted molar refractivity (Wildman–Crippen MR) is 106 cm³/mol. The Morgan fingerprint density at radius 1 is 1.33 bits per heavy atom. The molecule has 1 heterocycles. The number of aromatic nitrogens is 2. The fourth-order valence-electron chi connectivity index (χ4n) is 2.63. The summed E-state index contributed by atoms with van der Waals surface area (Å²) in [6.07, 6.45) is 2.13. The third-order valence-corrected chi connectivity index (χ3v) is 4.48. The maximum Gasteiger partial charge on any atom is 0.331 e. The predicted octanol–water partition coefficient (Wildman–Crippen LogP) is 3.28. The van der Waals surface area contributed by atoms with Crippen LogP contribution in [-0.4, -0.2) is 34.3 Å². The van der Waals surface area contributed by atoms with E-state index in [-0.39, 0.29) is 5.91 Å². The molecule has 0 fully saturated rings. The first-order chi connectivity index (χ1) is 12.8. The highest BCUT2D eigenvalue weighted by molar-refractivity contribution is 6.31. The van der Waals surface area contributed by atoms with Crippen molar-refractivity contribution in [2.45, 2.75) is 40.3 Å². The number of esters is 1. The number of benzene rings is 1. The molecule has 0 bridgehead atoms.